The van der Waals surface area contributed by atoms with Gasteiger partial charge in [0.2, 0.25) is 5.95 Å². The normalized spacial score (nSPS) is 13.0. The van der Waals surface area contributed by atoms with Crippen LogP contribution in [0.4, 0.5) is 11.8 Å². The molecule has 9 nitrogen and oxygen atoms in total. The maximum atomic E-state index is 12.3. The van der Waals surface area contributed by atoms with Crippen molar-refractivity contribution in [3.63, 3.8) is 0 Å². The van der Waals surface area contributed by atoms with Gasteiger partial charge in [0.05, 0.1) is 19.8 Å². The van der Waals surface area contributed by atoms with Gasteiger partial charge in [-0.25, -0.2) is 9.97 Å². The first-order valence-electron chi connectivity index (χ1n) is 9.13. The van der Waals surface area contributed by atoms with E-state index in [2.05, 4.69) is 25.3 Å². The molecule has 1 N–H and O–H groups in total. The van der Waals surface area contributed by atoms with Gasteiger partial charge < -0.3 is 24.2 Å². The molecule has 1 aliphatic rings. The summed E-state index contributed by atoms with van der Waals surface area (Å²) in [6.07, 6.45) is 3.86. The van der Waals surface area contributed by atoms with E-state index in [1.807, 2.05) is 12.1 Å². The standard InChI is InChI=1S/C20H21N5O4/c1-12-6-18(24-29-12)23-19(26)15-9-21-20(22-10-15)25-5-4-13-7-16(27-2)17(28-3)8-14(13)11-25/h6-10H,4-5,11H2,1-3H3,(H,23,24,26). The Labute approximate surface area is 167 Å². The van der Waals surface area contributed by atoms with Crippen LogP contribution >= 0.6 is 0 Å². The number of aromatic nitrogens is 3. The van der Waals surface area contributed by atoms with Crippen molar-refractivity contribution >= 4 is 17.7 Å². The van der Waals surface area contributed by atoms with Crippen LogP contribution in [0.3, 0.4) is 0 Å². The van der Waals surface area contributed by atoms with Gasteiger partial charge in [-0.15, -0.1) is 0 Å². The van der Waals surface area contributed by atoms with Gasteiger partial charge in [0.1, 0.15) is 5.76 Å². The molecule has 2 aromatic heterocycles. The molecule has 3 heterocycles. The molecule has 1 aliphatic heterocycles. The summed E-state index contributed by atoms with van der Waals surface area (Å²) in [4.78, 5) is 23.1. The fourth-order valence-corrected chi connectivity index (χ4v) is 3.27. The van der Waals surface area contributed by atoms with Crippen LogP contribution < -0.4 is 19.7 Å². The molecule has 0 unspecified atom stereocenters. The molecule has 4 rings (SSSR count). The van der Waals surface area contributed by atoms with Gasteiger partial charge in [-0.05, 0) is 36.6 Å². The minimum absolute atomic E-state index is 0.342. The number of hydrogen-bond donors (Lipinski definition) is 1. The smallest absolute Gasteiger partial charge is 0.260 e. The molecule has 0 saturated carbocycles. The van der Waals surface area contributed by atoms with Gasteiger partial charge >= 0.3 is 0 Å². The molecule has 3 aromatic rings. The van der Waals surface area contributed by atoms with Crippen molar-refractivity contribution in [2.75, 3.05) is 31.0 Å². The highest BCUT2D eigenvalue weighted by Crippen LogP contribution is 2.33. The van der Waals surface area contributed by atoms with E-state index in [0.717, 1.165) is 24.3 Å². The molecule has 1 amide bonds. The van der Waals surface area contributed by atoms with E-state index in [1.54, 1.807) is 27.2 Å². The summed E-state index contributed by atoms with van der Waals surface area (Å²) >= 11 is 0. The summed E-state index contributed by atoms with van der Waals surface area (Å²) in [5.74, 6) is 2.63. The van der Waals surface area contributed by atoms with Crippen LogP contribution in [0.15, 0.2) is 35.1 Å². The second-order valence-electron chi connectivity index (χ2n) is 6.70. The Kier molecular flexibility index (Phi) is 5.03. The molecular weight excluding hydrogens is 374 g/mol. The number of carbonyl (C=O) groups is 1. The van der Waals surface area contributed by atoms with Crippen LogP contribution in [0.2, 0.25) is 0 Å². The van der Waals surface area contributed by atoms with Gasteiger partial charge in [0.25, 0.3) is 5.91 Å². The van der Waals surface area contributed by atoms with Crippen molar-refractivity contribution in [1.82, 2.24) is 15.1 Å². The molecule has 29 heavy (non-hydrogen) atoms. The van der Waals surface area contributed by atoms with Crippen molar-refractivity contribution in [1.29, 1.82) is 0 Å². The molecule has 0 saturated heterocycles. The van der Waals surface area contributed by atoms with Crippen molar-refractivity contribution in [2.24, 2.45) is 0 Å². The third-order valence-corrected chi connectivity index (χ3v) is 4.77. The first-order chi connectivity index (χ1) is 14.1. The number of aryl methyl sites for hydroxylation is 1. The molecule has 0 bridgehead atoms. The zero-order valence-corrected chi connectivity index (χ0v) is 16.4. The predicted octanol–water partition coefficient (Wildman–Crippen LogP) is 2.61. The largest absolute Gasteiger partial charge is 0.493 e. The molecule has 0 atom stereocenters. The van der Waals surface area contributed by atoms with Crippen molar-refractivity contribution in [3.05, 3.63) is 53.0 Å². The number of carbonyl (C=O) groups excluding carboxylic acids is 1. The monoisotopic (exact) mass is 395 g/mol. The zero-order chi connectivity index (χ0) is 20.4. The Hall–Kier alpha value is -3.62. The predicted molar refractivity (Wildman–Crippen MR) is 106 cm³/mol. The van der Waals surface area contributed by atoms with E-state index in [-0.39, 0.29) is 5.91 Å². The second kappa shape index (κ2) is 7.78. The summed E-state index contributed by atoms with van der Waals surface area (Å²) in [5, 5.41) is 6.40. The number of benzene rings is 1. The number of methoxy groups -OCH3 is 2. The van der Waals surface area contributed by atoms with Crippen LogP contribution in [-0.4, -0.2) is 41.8 Å². The first kappa shape index (κ1) is 18.7. The number of ether oxygens (including phenoxy) is 2. The Morgan fingerprint density at radius 1 is 1.10 bits per heavy atom. The fraction of sp³-hybridized carbons (Fsp3) is 0.300. The van der Waals surface area contributed by atoms with Crippen LogP contribution in [0.25, 0.3) is 0 Å². The first-order valence-corrected chi connectivity index (χ1v) is 9.13. The Balaban J connectivity index is 1.48. The number of fused-ring (bicyclic) bond motifs is 1. The number of nitrogens with one attached hydrogen (secondary N) is 1. The number of hydrogen-bond acceptors (Lipinski definition) is 8. The molecular formula is C20H21N5O4. The average molecular weight is 395 g/mol. The lowest BCUT2D eigenvalue weighted by Crippen LogP contribution is -2.32. The minimum atomic E-state index is -0.342. The number of amides is 1. The fourth-order valence-electron chi connectivity index (χ4n) is 3.27. The van der Waals surface area contributed by atoms with Gasteiger partial charge in [0, 0.05) is 31.5 Å². The topological polar surface area (TPSA) is 103 Å². The highest BCUT2D eigenvalue weighted by Gasteiger charge is 2.21. The maximum Gasteiger partial charge on any atom is 0.260 e. The number of rotatable bonds is 5. The number of nitrogens with zero attached hydrogens (tertiary/aromatic N) is 4. The van der Waals surface area contributed by atoms with Crippen molar-refractivity contribution in [2.45, 2.75) is 19.9 Å². The molecule has 150 valence electrons. The Bertz CT molecular complexity index is 1030. The lowest BCUT2D eigenvalue weighted by Gasteiger charge is -2.29. The van der Waals surface area contributed by atoms with Gasteiger partial charge in [-0.1, -0.05) is 5.16 Å². The van der Waals surface area contributed by atoms with Gasteiger partial charge in [-0.2, -0.15) is 0 Å². The maximum absolute atomic E-state index is 12.3. The van der Waals surface area contributed by atoms with Crippen LogP contribution in [0, 0.1) is 6.92 Å². The van der Waals surface area contributed by atoms with E-state index < -0.39 is 0 Å². The highest BCUT2D eigenvalue weighted by molar-refractivity contribution is 6.03. The lowest BCUT2D eigenvalue weighted by atomic mass is 9.99. The minimum Gasteiger partial charge on any atom is -0.493 e. The van der Waals surface area contributed by atoms with Crippen LogP contribution in [-0.2, 0) is 13.0 Å². The van der Waals surface area contributed by atoms with Crippen molar-refractivity contribution < 1.29 is 18.8 Å². The van der Waals surface area contributed by atoms with Gasteiger partial charge in [0.15, 0.2) is 17.3 Å². The molecule has 0 aliphatic carbocycles. The highest BCUT2D eigenvalue weighted by atomic mass is 16.5. The van der Waals surface area contributed by atoms with E-state index in [9.17, 15) is 4.79 Å². The third kappa shape index (κ3) is 3.84. The molecule has 0 spiro atoms. The lowest BCUT2D eigenvalue weighted by molar-refractivity contribution is 0.102. The van der Waals surface area contributed by atoms with Crippen LogP contribution in [0.5, 0.6) is 11.5 Å². The summed E-state index contributed by atoms with van der Waals surface area (Å²) in [7, 11) is 3.26. The van der Waals surface area contributed by atoms with E-state index in [1.165, 1.54) is 18.0 Å². The zero-order valence-electron chi connectivity index (χ0n) is 16.4. The molecule has 1 aromatic carbocycles. The molecule has 0 fully saturated rings. The number of anilines is 2. The van der Waals surface area contributed by atoms with E-state index >= 15 is 0 Å². The van der Waals surface area contributed by atoms with Crippen LogP contribution in [0.1, 0.15) is 27.2 Å². The Morgan fingerprint density at radius 3 is 2.41 bits per heavy atom. The average Bonchev–Trinajstić information content (AvgIpc) is 3.16. The molecule has 9 heteroatoms. The quantitative estimate of drug-likeness (QED) is 0.703. The molecule has 0 radical (unpaired) electrons. The third-order valence-electron chi connectivity index (χ3n) is 4.77. The van der Waals surface area contributed by atoms with Crippen molar-refractivity contribution in [3.8, 4) is 11.5 Å². The summed E-state index contributed by atoms with van der Waals surface area (Å²) in [6, 6.07) is 5.65. The van der Waals surface area contributed by atoms with E-state index in [0.29, 0.717) is 35.4 Å². The van der Waals surface area contributed by atoms with E-state index in [4.69, 9.17) is 14.0 Å². The Morgan fingerprint density at radius 2 is 1.79 bits per heavy atom. The van der Waals surface area contributed by atoms with Gasteiger partial charge in [-0.3, -0.25) is 4.79 Å². The summed E-state index contributed by atoms with van der Waals surface area (Å²) < 4.78 is 15.7. The summed E-state index contributed by atoms with van der Waals surface area (Å²) in [5.41, 5.74) is 2.71. The SMILES string of the molecule is COc1cc2c(cc1OC)CN(c1ncc(C(=O)Nc3cc(C)on3)cn1)CC2. The second-order valence-corrected chi connectivity index (χ2v) is 6.70. The summed E-state index contributed by atoms with van der Waals surface area (Å²) in [6.45, 7) is 3.18.